The van der Waals surface area contributed by atoms with Crippen LogP contribution in [0.25, 0.3) is 11.0 Å². The molecular formula is C20H28N4O3. The van der Waals surface area contributed by atoms with E-state index in [4.69, 9.17) is 4.74 Å². The summed E-state index contributed by atoms with van der Waals surface area (Å²) in [5.74, 6) is 0.527. The van der Waals surface area contributed by atoms with Crippen molar-refractivity contribution < 1.29 is 14.6 Å². The van der Waals surface area contributed by atoms with Gasteiger partial charge in [0.25, 0.3) is 0 Å². The highest BCUT2D eigenvalue weighted by Gasteiger charge is 2.48. The molecule has 146 valence electrons. The van der Waals surface area contributed by atoms with Crippen molar-refractivity contribution in [3.63, 3.8) is 0 Å². The monoisotopic (exact) mass is 372 g/mol. The third-order valence-corrected chi connectivity index (χ3v) is 6.26. The molecule has 3 heterocycles. The van der Waals surface area contributed by atoms with E-state index < -0.39 is 0 Å². The highest BCUT2D eigenvalue weighted by Crippen LogP contribution is 2.45. The Morgan fingerprint density at radius 1 is 1.37 bits per heavy atom. The van der Waals surface area contributed by atoms with Crippen molar-refractivity contribution >= 4 is 16.9 Å². The van der Waals surface area contributed by atoms with E-state index in [0.717, 1.165) is 49.8 Å². The maximum atomic E-state index is 12.4. The predicted octanol–water partition coefficient (Wildman–Crippen LogP) is 2.14. The zero-order chi connectivity index (χ0) is 19.0. The lowest BCUT2D eigenvalue weighted by Gasteiger charge is -2.54. The number of hydrogen-bond donors (Lipinski definition) is 1. The number of rotatable bonds is 5. The highest BCUT2D eigenvalue weighted by atomic mass is 16.5. The molecule has 1 aliphatic carbocycles. The Morgan fingerprint density at radius 2 is 2.11 bits per heavy atom. The van der Waals surface area contributed by atoms with Crippen molar-refractivity contribution in [3.05, 3.63) is 18.3 Å². The second-order valence-electron chi connectivity index (χ2n) is 8.13. The Hall–Kier alpha value is -2.15. The van der Waals surface area contributed by atoms with Gasteiger partial charge in [-0.15, -0.1) is 0 Å². The van der Waals surface area contributed by atoms with Gasteiger partial charge in [0.05, 0.1) is 18.7 Å². The smallest absolute Gasteiger partial charge is 0.228 e. The van der Waals surface area contributed by atoms with Crippen LogP contribution in [0.5, 0.6) is 5.88 Å². The van der Waals surface area contributed by atoms with Crippen LogP contribution in [-0.4, -0.2) is 56.5 Å². The summed E-state index contributed by atoms with van der Waals surface area (Å²) < 4.78 is 7.89. The van der Waals surface area contributed by atoms with Gasteiger partial charge in [-0.1, -0.05) is 6.92 Å². The number of amides is 1. The van der Waals surface area contributed by atoms with Crippen molar-refractivity contribution in [2.45, 2.75) is 45.1 Å². The zero-order valence-corrected chi connectivity index (χ0v) is 16.1. The van der Waals surface area contributed by atoms with Crippen molar-refractivity contribution in [1.29, 1.82) is 0 Å². The molecule has 1 saturated carbocycles. The molecule has 0 aromatic carbocycles. The topological polar surface area (TPSA) is 80.5 Å². The van der Waals surface area contributed by atoms with Crippen LogP contribution >= 0.6 is 0 Å². The second kappa shape index (κ2) is 7.11. The lowest BCUT2D eigenvalue weighted by Crippen LogP contribution is -2.61. The number of aliphatic hydroxyl groups is 1. The Kier molecular flexibility index (Phi) is 4.80. The van der Waals surface area contributed by atoms with Crippen LogP contribution in [0.1, 0.15) is 39.0 Å². The highest BCUT2D eigenvalue weighted by molar-refractivity contribution is 5.80. The number of nitrogens with zero attached hydrogens (tertiary/aromatic N) is 4. The number of carbonyl (C=O) groups is 1. The van der Waals surface area contributed by atoms with E-state index >= 15 is 0 Å². The molecule has 2 aromatic heterocycles. The number of carbonyl (C=O) groups excluding carboxylic acids is 1. The van der Waals surface area contributed by atoms with Crippen LogP contribution in [0, 0.1) is 11.3 Å². The number of aliphatic hydroxyl groups excluding tert-OH is 1. The molecule has 2 fully saturated rings. The fourth-order valence-electron chi connectivity index (χ4n) is 4.44. The van der Waals surface area contributed by atoms with Crippen molar-refractivity contribution in [2.24, 2.45) is 18.4 Å². The summed E-state index contributed by atoms with van der Waals surface area (Å²) >= 11 is 0. The fourth-order valence-corrected chi connectivity index (χ4v) is 4.44. The summed E-state index contributed by atoms with van der Waals surface area (Å²) in [6.45, 7) is 3.55. The summed E-state index contributed by atoms with van der Waals surface area (Å²) in [7, 11) is 1.88. The van der Waals surface area contributed by atoms with Gasteiger partial charge in [0.1, 0.15) is 6.10 Å². The van der Waals surface area contributed by atoms with Gasteiger partial charge in [0.15, 0.2) is 5.65 Å². The van der Waals surface area contributed by atoms with Gasteiger partial charge < -0.3 is 14.7 Å². The van der Waals surface area contributed by atoms with Crippen LogP contribution in [0.2, 0.25) is 0 Å². The maximum Gasteiger partial charge on any atom is 0.228 e. The molecular weight excluding hydrogens is 344 g/mol. The second-order valence-corrected chi connectivity index (χ2v) is 8.13. The first-order valence-electron chi connectivity index (χ1n) is 9.88. The van der Waals surface area contributed by atoms with E-state index in [1.807, 2.05) is 31.0 Å². The van der Waals surface area contributed by atoms with Crippen LogP contribution in [0.15, 0.2) is 18.3 Å². The number of aromatic nitrogens is 3. The summed E-state index contributed by atoms with van der Waals surface area (Å²) in [5, 5.41) is 14.6. The quantitative estimate of drug-likeness (QED) is 0.870. The first-order chi connectivity index (χ1) is 13.0. The number of pyridine rings is 1. The minimum absolute atomic E-state index is 0.0528. The van der Waals surface area contributed by atoms with E-state index in [0.29, 0.717) is 12.3 Å². The summed E-state index contributed by atoms with van der Waals surface area (Å²) in [4.78, 5) is 18.9. The lowest BCUT2D eigenvalue weighted by atomic mass is 9.67. The predicted molar refractivity (Wildman–Crippen MR) is 101 cm³/mol. The average molecular weight is 372 g/mol. The largest absolute Gasteiger partial charge is 0.474 e. The van der Waals surface area contributed by atoms with Gasteiger partial charge in [-0.25, -0.2) is 0 Å². The van der Waals surface area contributed by atoms with Gasteiger partial charge >= 0.3 is 0 Å². The molecule has 7 nitrogen and oxygen atoms in total. The molecule has 7 heteroatoms. The maximum absolute atomic E-state index is 12.4. The molecule has 1 spiro atoms. The SMILES string of the molecule is CC[C@H](CO)C(=O)N1CC2(CCC(Oc3ccc4cnn(C)c4n3)CC2)C1. The lowest BCUT2D eigenvalue weighted by molar-refractivity contribution is -0.152. The Labute approximate surface area is 159 Å². The van der Waals surface area contributed by atoms with Crippen LogP contribution < -0.4 is 4.74 Å². The normalized spacial score (nSPS) is 20.6. The van der Waals surface area contributed by atoms with Gasteiger partial charge in [-0.3, -0.25) is 9.48 Å². The van der Waals surface area contributed by atoms with E-state index in [9.17, 15) is 9.90 Å². The summed E-state index contributed by atoms with van der Waals surface area (Å²) in [6.07, 6.45) is 6.81. The van der Waals surface area contributed by atoms with Gasteiger partial charge in [-0.2, -0.15) is 10.1 Å². The molecule has 1 N–H and O–H groups in total. The molecule has 2 aromatic rings. The van der Waals surface area contributed by atoms with E-state index in [-0.39, 0.29) is 30.0 Å². The van der Waals surface area contributed by atoms with E-state index in [1.165, 1.54) is 0 Å². The van der Waals surface area contributed by atoms with Crippen LogP contribution in [0.3, 0.4) is 0 Å². The molecule has 1 atom stereocenters. The fraction of sp³-hybridized carbons (Fsp3) is 0.650. The third kappa shape index (κ3) is 3.40. The first kappa shape index (κ1) is 18.2. The molecule has 27 heavy (non-hydrogen) atoms. The number of ether oxygens (including phenoxy) is 1. The molecule has 4 rings (SSSR count). The van der Waals surface area contributed by atoms with Gasteiger partial charge in [-0.05, 0) is 38.2 Å². The van der Waals surface area contributed by atoms with Gasteiger partial charge in [0.2, 0.25) is 11.8 Å². The first-order valence-corrected chi connectivity index (χ1v) is 9.88. The van der Waals surface area contributed by atoms with Crippen LogP contribution in [0.4, 0.5) is 0 Å². The molecule has 0 radical (unpaired) electrons. The number of likely N-dealkylation sites (tertiary alicyclic amines) is 1. The van der Waals surface area contributed by atoms with Crippen molar-refractivity contribution in [3.8, 4) is 5.88 Å². The summed E-state index contributed by atoms with van der Waals surface area (Å²) in [6, 6.07) is 3.91. The molecule has 1 saturated heterocycles. The third-order valence-electron chi connectivity index (χ3n) is 6.26. The number of hydrogen-bond acceptors (Lipinski definition) is 5. The minimum Gasteiger partial charge on any atom is -0.474 e. The molecule has 1 aliphatic heterocycles. The van der Waals surface area contributed by atoms with Crippen LogP contribution in [-0.2, 0) is 11.8 Å². The standard InChI is InChI=1S/C20H28N4O3/c1-3-14(11-25)19(26)24-12-20(13-24)8-6-16(7-9-20)27-17-5-4-15-10-21-23(2)18(15)22-17/h4-5,10,14,16,25H,3,6-9,11-13H2,1-2H3/t14-/m1/s1. The van der Waals surface area contributed by atoms with E-state index in [2.05, 4.69) is 10.1 Å². The van der Waals surface area contributed by atoms with Crippen molar-refractivity contribution in [2.75, 3.05) is 19.7 Å². The van der Waals surface area contributed by atoms with Gasteiger partial charge in [0, 0.05) is 37.0 Å². The van der Waals surface area contributed by atoms with E-state index in [1.54, 1.807) is 10.9 Å². The van der Waals surface area contributed by atoms with Crippen molar-refractivity contribution in [1.82, 2.24) is 19.7 Å². The molecule has 0 bridgehead atoms. The molecule has 1 amide bonds. The Morgan fingerprint density at radius 3 is 2.78 bits per heavy atom. The Balaban J connectivity index is 1.30. The molecule has 2 aliphatic rings. The number of aryl methyl sites for hydroxylation is 1. The minimum atomic E-state index is -0.241. The zero-order valence-electron chi connectivity index (χ0n) is 16.1. The average Bonchev–Trinajstić information content (AvgIpc) is 3.02. The summed E-state index contributed by atoms with van der Waals surface area (Å²) in [5.41, 5.74) is 1.09. The Bertz CT molecular complexity index is 814. The number of fused-ring (bicyclic) bond motifs is 1. The molecule has 0 unspecified atom stereocenters.